The molecule has 0 aliphatic rings. The molecule has 0 unspecified atom stereocenters. The molecular weight excluding hydrogens is 220 g/mol. The molecule has 1 rings (SSSR count). The van der Waals surface area contributed by atoms with Gasteiger partial charge < -0.3 is 9.84 Å². The first-order valence-corrected chi connectivity index (χ1v) is 4.47. The minimum Gasteiger partial charge on any atom is -0.496 e. The van der Waals surface area contributed by atoms with Crippen molar-refractivity contribution in [2.75, 3.05) is 7.11 Å². The van der Waals surface area contributed by atoms with E-state index < -0.39 is 11.8 Å². The summed E-state index contributed by atoms with van der Waals surface area (Å²) in [7, 11) is 1.36. The van der Waals surface area contributed by atoms with Crippen molar-refractivity contribution in [3.63, 3.8) is 0 Å². The summed E-state index contributed by atoms with van der Waals surface area (Å²) >= 11 is 5.79. The zero-order valence-corrected chi connectivity index (χ0v) is 8.96. The third-order valence-electron chi connectivity index (χ3n) is 2.00. The Morgan fingerprint density at radius 3 is 2.47 bits per heavy atom. The maximum atomic E-state index is 11.4. The largest absolute Gasteiger partial charge is 0.496 e. The number of carboxylic acid groups (broad SMARTS) is 1. The number of hydrogen-bond acceptors (Lipinski definition) is 3. The Bertz CT molecular complexity index is 426. The number of carboxylic acids is 1. The average Bonchev–Trinajstić information content (AvgIpc) is 2.20. The highest BCUT2D eigenvalue weighted by Gasteiger charge is 2.22. The van der Waals surface area contributed by atoms with Crippen LogP contribution in [0.15, 0.2) is 12.1 Å². The molecule has 0 fully saturated rings. The molecule has 5 heteroatoms. The molecule has 1 aromatic rings. The fourth-order valence-corrected chi connectivity index (χ4v) is 1.38. The minimum absolute atomic E-state index is 0.00231. The van der Waals surface area contributed by atoms with Gasteiger partial charge in [0.15, 0.2) is 0 Å². The zero-order chi connectivity index (χ0) is 11.6. The summed E-state index contributed by atoms with van der Waals surface area (Å²) in [5, 5.41) is 8.96. The Hall–Kier alpha value is -1.55. The third kappa shape index (κ3) is 2.10. The van der Waals surface area contributed by atoms with Crippen LogP contribution in [-0.4, -0.2) is 24.0 Å². The SMILES string of the molecule is COc1ccc(Cl)c(C)c1C(=O)C(=O)O. The van der Waals surface area contributed by atoms with Gasteiger partial charge in [-0.25, -0.2) is 4.79 Å². The molecule has 0 atom stereocenters. The summed E-state index contributed by atoms with van der Waals surface area (Å²) in [4.78, 5) is 21.9. The van der Waals surface area contributed by atoms with Gasteiger partial charge >= 0.3 is 5.97 Å². The quantitative estimate of drug-likeness (QED) is 0.634. The number of carbonyl (C=O) groups excluding carboxylic acids is 1. The van der Waals surface area contributed by atoms with E-state index in [0.717, 1.165) is 0 Å². The molecule has 0 saturated carbocycles. The fraction of sp³-hybridized carbons (Fsp3) is 0.200. The fourth-order valence-electron chi connectivity index (χ4n) is 1.22. The van der Waals surface area contributed by atoms with Gasteiger partial charge in [-0.05, 0) is 24.6 Å². The number of Topliss-reactive ketones (excluding diaryl/α,β-unsaturated/α-hetero) is 1. The van der Waals surface area contributed by atoms with Crippen LogP contribution in [0.5, 0.6) is 5.75 Å². The average molecular weight is 229 g/mol. The lowest BCUT2D eigenvalue weighted by molar-refractivity contribution is -0.131. The summed E-state index contributed by atoms with van der Waals surface area (Å²) in [6, 6.07) is 3.01. The standard InChI is InChI=1S/C10H9ClO4/c1-5-6(11)3-4-7(15-2)8(5)9(12)10(13)14/h3-4H,1-2H3,(H,13,14). The summed E-state index contributed by atoms with van der Waals surface area (Å²) in [5.74, 6) is -2.34. The van der Waals surface area contributed by atoms with Crippen molar-refractivity contribution in [2.24, 2.45) is 0 Å². The van der Waals surface area contributed by atoms with Gasteiger partial charge in [0.25, 0.3) is 5.78 Å². The lowest BCUT2D eigenvalue weighted by Gasteiger charge is -2.09. The molecule has 0 aliphatic heterocycles. The molecule has 0 amide bonds. The van der Waals surface area contributed by atoms with Crippen molar-refractivity contribution in [1.29, 1.82) is 0 Å². The van der Waals surface area contributed by atoms with E-state index in [1.165, 1.54) is 13.2 Å². The number of aliphatic carboxylic acids is 1. The Kier molecular flexibility index (Phi) is 3.31. The van der Waals surface area contributed by atoms with Gasteiger partial charge in [-0.15, -0.1) is 0 Å². The van der Waals surface area contributed by atoms with Crippen LogP contribution in [0.4, 0.5) is 0 Å². The van der Waals surface area contributed by atoms with Gasteiger partial charge in [0.1, 0.15) is 5.75 Å². The number of methoxy groups -OCH3 is 1. The summed E-state index contributed by atoms with van der Waals surface area (Å²) in [6.45, 7) is 1.57. The summed E-state index contributed by atoms with van der Waals surface area (Å²) in [6.07, 6.45) is 0. The highest BCUT2D eigenvalue weighted by molar-refractivity contribution is 6.42. The molecule has 1 N–H and O–H groups in total. The molecule has 0 bridgehead atoms. The lowest BCUT2D eigenvalue weighted by atomic mass is 10.0. The molecular formula is C10H9ClO4. The monoisotopic (exact) mass is 228 g/mol. The van der Waals surface area contributed by atoms with E-state index in [1.54, 1.807) is 13.0 Å². The van der Waals surface area contributed by atoms with E-state index in [-0.39, 0.29) is 11.3 Å². The van der Waals surface area contributed by atoms with Crippen LogP contribution in [0, 0.1) is 6.92 Å². The maximum absolute atomic E-state index is 11.4. The van der Waals surface area contributed by atoms with E-state index in [9.17, 15) is 9.59 Å². The minimum atomic E-state index is -1.53. The predicted octanol–water partition coefficient (Wildman–Crippen LogP) is 1.92. The van der Waals surface area contributed by atoms with Crippen LogP contribution in [0.1, 0.15) is 15.9 Å². The Labute approximate surface area is 91.4 Å². The van der Waals surface area contributed by atoms with E-state index in [2.05, 4.69) is 0 Å². The zero-order valence-electron chi connectivity index (χ0n) is 8.20. The first-order valence-electron chi connectivity index (χ1n) is 4.09. The first kappa shape index (κ1) is 11.5. The van der Waals surface area contributed by atoms with Crippen molar-refractivity contribution >= 4 is 23.4 Å². The smallest absolute Gasteiger partial charge is 0.377 e. The number of rotatable bonds is 3. The third-order valence-corrected chi connectivity index (χ3v) is 2.41. The number of ether oxygens (including phenoxy) is 1. The molecule has 1 aromatic carbocycles. The van der Waals surface area contributed by atoms with Crippen molar-refractivity contribution in [2.45, 2.75) is 6.92 Å². The van der Waals surface area contributed by atoms with E-state index >= 15 is 0 Å². The van der Waals surface area contributed by atoms with Gasteiger partial charge in [0, 0.05) is 5.02 Å². The maximum Gasteiger partial charge on any atom is 0.377 e. The number of carbonyl (C=O) groups is 2. The van der Waals surface area contributed by atoms with Crippen molar-refractivity contribution in [1.82, 2.24) is 0 Å². The topological polar surface area (TPSA) is 63.6 Å². The summed E-state index contributed by atoms with van der Waals surface area (Å²) < 4.78 is 4.91. The number of halogens is 1. The highest BCUT2D eigenvalue weighted by atomic mass is 35.5. The van der Waals surface area contributed by atoms with Gasteiger partial charge in [0.2, 0.25) is 0 Å². The normalized spacial score (nSPS) is 9.80. The second-order valence-electron chi connectivity index (χ2n) is 2.88. The molecule has 0 aromatic heterocycles. The van der Waals surface area contributed by atoms with E-state index in [1.807, 2.05) is 0 Å². The second kappa shape index (κ2) is 4.31. The van der Waals surface area contributed by atoms with Crippen LogP contribution in [-0.2, 0) is 4.79 Å². The number of benzene rings is 1. The predicted molar refractivity (Wildman–Crippen MR) is 54.7 cm³/mol. The first-order chi connectivity index (χ1) is 6.99. The molecule has 4 nitrogen and oxygen atoms in total. The molecule has 0 heterocycles. The number of ketones is 1. The highest BCUT2D eigenvalue weighted by Crippen LogP contribution is 2.28. The van der Waals surface area contributed by atoms with E-state index in [4.69, 9.17) is 21.4 Å². The van der Waals surface area contributed by atoms with Crippen molar-refractivity contribution < 1.29 is 19.4 Å². The van der Waals surface area contributed by atoms with Crippen LogP contribution in [0.25, 0.3) is 0 Å². The lowest BCUT2D eigenvalue weighted by Crippen LogP contribution is -2.15. The van der Waals surface area contributed by atoms with Crippen LogP contribution in [0.3, 0.4) is 0 Å². The van der Waals surface area contributed by atoms with Gasteiger partial charge in [-0.1, -0.05) is 11.6 Å². The molecule has 15 heavy (non-hydrogen) atoms. The molecule has 0 aliphatic carbocycles. The summed E-state index contributed by atoms with van der Waals surface area (Å²) in [5.41, 5.74) is 0.404. The van der Waals surface area contributed by atoms with Crippen LogP contribution >= 0.6 is 11.6 Å². The Morgan fingerprint density at radius 2 is 2.00 bits per heavy atom. The molecule has 0 saturated heterocycles. The van der Waals surface area contributed by atoms with Crippen LogP contribution in [0.2, 0.25) is 5.02 Å². The molecule has 0 spiro atoms. The Morgan fingerprint density at radius 1 is 1.40 bits per heavy atom. The van der Waals surface area contributed by atoms with E-state index in [0.29, 0.717) is 10.6 Å². The van der Waals surface area contributed by atoms with Crippen molar-refractivity contribution in [3.05, 3.63) is 28.3 Å². The van der Waals surface area contributed by atoms with Gasteiger partial charge in [0.05, 0.1) is 12.7 Å². The second-order valence-corrected chi connectivity index (χ2v) is 3.29. The van der Waals surface area contributed by atoms with Gasteiger partial charge in [-0.2, -0.15) is 0 Å². The molecule has 80 valence electrons. The molecule has 0 radical (unpaired) electrons. The van der Waals surface area contributed by atoms with Gasteiger partial charge in [-0.3, -0.25) is 4.79 Å². The number of hydrogen-bond donors (Lipinski definition) is 1. The Balaban J connectivity index is 3.42. The van der Waals surface area contributed by atoms with Crippen LogP contribution < -0.4 is 4.74 Å². The van der Waals surface area contributed by atoms with Crippen molar-refractivity contribution in [3.8, 4) is 5.75 Å².